The summed E-state index contributed by atoms with van der Waals surface area (Å²) in [5.74, 6) is 1.05. The van der Waals surface area contributed by atoms with E-state index in [0.29, 0.717) is 11.5 Å². The van der Waals surface area contributed by atoms with E-state index in [1.54, 1.807) is 11.8 Å². The van der Waals surface area contributed by atoms with Crippen LogP contribution in [0.2, 0.25) is 0 Å². The number of Topliss-reactive ketones (excluding diaryl/α,β-unsaturated/α-hetero) is 1. The first-order valence-corrected chi connectivity index (χ1v) is 11.8. The van der Waals surface area contributed by atoms with E-state index in [-0.39, 0.29) is 17.0 Å². The van der Waals surface area contributed by atoms with Crippen molar-refractivity contribution in [3.63, 3.8) is 0 Å². The van der Waals surface area contributed by atoms with Crippen LogP contribution in [0.4, 0.5) is 5.69 Å². The van der Waals surface area contributed by atoms with Gasteiger partial charge >= 0.3 is 0 Å². The van der Waals surface area contributed by atoms with Gasteiger partial charge in [0.15, 0.2) is 0 Å². The molecular weight excluding hydrogens is 366 g/mol. The Kier molecular flexibility index (Phi) is 8.88. The molecule has 0 aliphatic carbocycles. The SMILES string of the molecule is Cc1cc(N2C[C@@H](C)O[C@@H](C)C2)ccc1CCCCCC(=O)CSC(C)(C)C. The summed E-state index contributed by atoms with van der Waals surface area (Å²) < 4.78 is 6.03. The van der Waals surface area contributed by atoms with Crippen LogP contribution in [0.15, 0.2) is 18.2 Å². The first-order chi connectivity index (χ1) is 13.1. The molecular formula is C24H39NO2S. The molecule has 1 aliphatic rings. The number of hydrogen-bond acceptors (Lipinski definition) is 4. The Morgan fingerprint density at radius 1 is 1.14 bits per heavy atom. The lowest BCUT2D eigenvalue weighted by molar-refractivity contribution is -0.116. The number of anilines is 1. The maximum Gasteiger partial charge on any atom is 0.142 e. The molecule has 1 heterocycles. The van der Waals surface area contributed by atoms with Gasteiger partial charge in [0, 0.05) is 29.9 Å². The van der Waals surface area contributed by atoms with Gasteiger partial charge in [-0.05, 0) is 63.3 Å². The van der Waals surface area contributed by atoms with Crippen LogP contribution in [0.25, 0.3) is 0 Å². The maximum absolute atomic E-state index is 12.0. The highest BCUT2D eigenvalue weighted by Gasteiger charge is 2.22. The quantitative estimate of drug-likeness (QED) is 0.485. The van der Waals surface area contributed by atoms with Gasteiger partial charge in [0.1, 0.15) is 5.78 Å². The minimum absolute atomic E-state index is 0.177. The van der Waals surface area contributed by atoms with Gasteiger partial charge in [-0.2, -0.15) is 0 Å². The van der Waals surface area contributed by atoms with Gasteiger partial charge in [-0.1, -0.05) is 33.3 Å². The third-order valence-corrected chi connectivity index (χ3v) is 6.51. The van der Waals surface area contributed by atoms with Crippen molar-refractivity contribution < 1.29 is 9.53 Å². The highest BCUT2D eigenvalue weighted by molar-refractivity contribution is 8.01. The standard InChI is InChI=1S/C24H39NO2S/c1-18-14-22(25-15-19(2)27-20(3)16-25)13-12-21(18)10-8-7-9-11-23(26)17-28-24(4,5)6/h12-14,19-20H,7-11,15-17H2,1-6H3/t19-,20+. The molecule has 1 aliphatic heterocycles. The lowest BCUT2D eigenvalue weighted by atomic mass is 10.00. The van der Waals surface area contributed by atoms with Gasteiger partial charge < -0.3 is 9.64 Å². The van der Waals surface area contributed by atoms with Crippen molar-refractivity contribution in [2.24, 2.45) is 0 Å². The van der Waals surface area contributed by atoms with Crippen molar-refractivity contribution in [1.82, 2.24) is 0 Å². The van der Waals surface area contributed by atoms with Crippen LogP contribution in [0.3, 0.4) is 0 Å². The Hall–Kier alpha value is -1.000. The highest BCUT2D eigenvalue weighted by Crippen LogP contribution is 2.25. The summed E-state index contributed by atoms with van der Waals surface area (Å²) in [4.78, 5) is 14.4. The molecule has 0 aromatic heterocycles. The molecule has 3 nitrogen and oxygen atoms in total. The molecule has 4 heteroatoms. The van der Waals surface area contributed by atoms with Gasteiger partial charge in [-0.3, -0.25) is 4.79 Å². The summed E-state index contributed by atoms with van der Waals surface area (Å²) >= 11 is 1.76. The lowest BCUT2D eigenvalue weighted by Gasteiger charge is -2.37. The van der Waals surface area contributed by atoms with E-state index in [1.165, 1.54) is 16.8 Å². The van der Waals surface area contributed by atoms with Gasteiger partial charge in [0.25, 0.3) is 0 Å². The fourth-order valence-electron chi connectivity index (χ4n) is 3.73. The van der Waals surface area contributed by atoms with Gasteiger partial charge in [0.2, 0.25) is 0 Å². The molecule has 1 aromatic rings. The Bertz CT molecular complexity index is 628. The van der Waals surface area contributed by atoms with Crippen molar-refractivity contribution in [1.29, 1.82) is 0 Å². The predicted octanol–water partition coefficient (Wildman–Crippen LogP) is 5.81. The summed E-state index contributed by atoms with van der Waals surface area (Å²) in [7, 11) is 0. The number of benzene rings is 1. The summed E-state index contributed by atoms with van der Waals surface area (Å²) in [5, 5.41) is 0. The van der Waals surface area contributed by atoms with Gasteiger partial charge in [-0.25, -0.2) is 0 Å². The largest absolute Gasteiger partial charge is 0.372 e. The number of thioether (sulfide) groups is 1. The minimum Gasteiger partial charge on any atom is -0.372 e. The lowest BCUT2D eigenvalue weighted by Crippen LogP contribution is -2.45. The number of ketones is 1. The Morgan fingerprint density at radius 2 is 1.82 bits per heavy atom. The average molecular weight is 406 g/mol. The molecule has 0 amide bonds. The predicted molar refractivity (Wildman–Crippen MR) is 123 cm³/mol. The molecule has 2 atom stereocenters. The fourth-order valence-corrected chi connectivity index (χ4v) is 4.47. The Morgan fingerprint density at radius 3 is 2.43 bits per heavy atom. The molecule has 1 saturated heterocycles. The molecule has 0 unspecified atom stereocenters. The first-order valence-electron chi connectivity index (χ1n) is 10.8. The van der Waals surface area contributed by atoms with Crippen LogP contribution in [0.1, 0.15) is 71.4 Å². The van der Waals surface area contributed by atoms with E-state index < -0.39 is 0 Å². The number of carbonyl (C=O) groups is 1. The van der Waals surface area contributed by atoms with Gasteiger partial charge in [0.05, 0.1) is 18.0 Å². The molecule has 0 N–H and O–H groups in total. The van der Waals surface area contributed by atoms with Crippen molar-refractivity contribution >= 4 is 23.2 Å². The van der Waals surface area contributed by atoms with E-state index in [4.69, 9.17) is 4.74 Å². The van der Waals surface area contributed by atoms with Gasteiger partial charge in [-0.15, -0.1) is 11.8 Å². The zero-order valence-corrected chi connectivity index (χ0v) is 19.5. The van der Waals surface area contributed by atoms with Crippen molar-refractivity contribution in [3.8, 4) is 0 Å². The first kappa shape index (κ1) is 23.3. The summed E-state index contributed by atoms with van der Waals surface area (Å²) in [6.07, 6.45) is 5.71. The van der Waals surface area contributed by atoms with E-state index >= 15 is 0 Å². The molecule has 1 aromatic carbocycles. The fraction of sp³-hybridized carbons (Fsp3) is 0.708. The second-order valence-electron chi connectivity index (χ2n) is 9.27. The minimum atomic E-state index is 0.177. The Balaban J connectivity index is 1.72. The van der Waals surface area contributed by atoms with Crippen molar-refractivity contribution in [2.45, 2.75) is 90.6 Å². The van der Waals surface area contributed by atoms with Crippen molar-refractivity contribution in [2.75, 3.05) is 23.7 Å². The zero-order valence-electron chi connectivity index (χ0n) is 18.7. The van der Waals surface area contributed by atoms with E-state index in [2.05, 4.69) is 64.6 Å². The van der Waals surface area contributed by atoms with Crippen LogP contribution in [-0.4, -0.2) is 41.6 Å². The number of rotatable bonds is 9. The highest BCUT2D eigenvalue weighted by atomic mass is 32.2. The molecule has 158 valence electrons. The second kappa shape index (κ2) is 10.7. The van der Waals surface area contributed by atoms with Crippen molar-refractivity contribution in [3.05, 3.63) is 29.3 Å². The molecule has 0 radical (unpaired) electrons. The number of unbranched alkanes of at least 4 members (excludes halogenated alkanes) is 2. The monoisotopic (exact) mass is 405 g/mol. The smallest absolute Gasteiger partial charge is 0.142 e. The Labute approximate surface area is 176 Å². The van der Waals surface area contributed by atoms with Crippen LogP contribution < -0.4 is 4.90 Å². The van der Waals surface area contributed by atoms with Crippen LogP contribution in [0, 0.1) is 6.92 Å². The number of ether oxygens (including phenoxy) is 1. The molecule has 28 heavy (non-hydrogen) atoms. The molecule has 0 spiro atoms. The molecule has 0 saturated carbocycles. The third kappa shape index (κ3) is 8.16. The normalized spacial score (nSPS) is 20.4. The van der Waals surface area contributed by atoms with Crippen LogP contribution in [-0.2, 0) is 16.0 Å². The second-order valence-corrected chi connectivity index (χ2v) is 11.1. The average Bonchev–Trinajstić information content (AvgIpc) is 2.59. The van der Waals surface area contributed by atoms with E-state index in [1.807, 2.05) is 0 Å². The summed E-state index contributed by atoms with van der Waals surface area (Å²) in [6.45, 7) is 14.9. The van der Waals surface area contributed by atoms with E-state index in [0.717, 1.165) is 45.2 Å². The van der Waals surface area contributed by atoms with E-state index in [9.17, 15) is 4.79 Å². The third-order valence-electron chi connectivity index (χ3n) is 5.18. The number of carbonyl (C=O) groups excluding carboxylic acids is 1. The number of aryl methyl sites for hydroxylation is 2. The number of nitrogens with zero attached hydrogens (tertiary/aromatic N) is 1. The molecule has 0 bridgehead atoms. The maximum atomic E-state index is 12.0. The summed E-state index contributed by atoms with van der Waals surface area (Å²) in [6, 6.07) is 6.88. The van der Waals surface area contributed by atoms with Crippen LogP contribution in [0.5, 0.6) is 0 Å². The zero-order chi connectivity index (χ0) is 20.7. The molecule has 2 rings (SSSR count). The topological polar surface area (TPSA) is 29.5 Å². The van der Waals surface area contributed by atoms with Crippen LogP contribution >= 0.6 is 11.8 Å². The summed E-state index contributed by atoms with van der Waals surface area (Å²) in [5.41, 5.74) is 4.12. The number of morpholine rings is 1. The number of hydrogen-bond donors (Lipinski definition) is 0. The molecule has 1 fully saturated rings.